The molecule has 0 bridgehead atoms. The largest absolute Gasteiger partial charge is 0.496 e. The van der Waals surface area contributed by atoms with Crippen molar-refractivity contribution in [3.8, 4) is 5.75 Å². The van der Waals surface area contributed by atoms with Crippen molar-refractivity contribution in [2.45, 2.75) is 39.0 Å². The molecule has 0 aliphatic carbocycles. The van der Waals surface area contributed by atoms with Crippen LogP contribution in [-0.2, 0) is 15.0 Å². The summed E-state index contributed by atoms with van der Waals surface area (Å²) in [4.78, 5) is 30.5. The lowest BCUT2D eigenvalue weighted by Gasteiger charge is -2.22. The van der Waals surface area contributed by atoms with Gasteiger partial charge in [0.15, 0.2) is 0 Å². The first-order valence-electron chi connectivity index (χ1n) is 10.4. The van der Waals surface area contributed by atoms with Gasteiger partial charge in [-0.05, 0) is 42.0 Å². The Kier molecular flexibility index (Phi) is 5.14. The standard InChI is InChI=1S/C25H28N2O3/c1-25(2,3)17-11-13-18(14-12-17)27-23(28)21(19-9-5-6-10-20(19)30-4)22(24(27)29)26-15-7-8-16-26/h5-6,9-14H,7-8,15-16H2,1-4H3. The van der Waals surface area contributed by atoms with E-state index >= 15 is 0 Å². The van der Waals surface area contributed by atoms with Gasteiger partial charge in [-0.15, -0.1) is 0 Å². The Balaban J connectivity index is 1.81. The van der Waals surface area contributed by atoms with Crippen LogP contribution in [0.25, 0.3) is 5.57 Å². The van der Waals surface area contributed by atoms with Crippen molar-refractivity contribution in [1.29, 1.82) is 0 Å². The highest BCUT2D eigenvalue weighted by Crippen LogP contribution is 2.39. The molecule has 2 aromatic rings. The maximum absolute atomic E-state index is 13.6. The molecule has 5 nitrogen and oxygen atoms in total. The minimum absolute atomic E-state index is 0.000909. The van der Waals surface area contributed by atoms with Crippen molar-refractivity contribution >= 4 is 23.1 Å². The van der Waals surface area contributed by atoms with E-state index in [4.69, 9.17) is 4.74 Å². The highest BCUT2D eigenvalue weighted by molar-refractivity contribution is 6.45. The van der Waals surface area contributed by atoms with Gasteiger partial charge in [0, 0.05) is 18.7 Å². The molecule has 0 N–H and O–H groups in total. The van der Waals surface area contributed by atoms with Gasteiger partial charge in [-0.2, -0.15) is 0 Å². The van der Waals surface area contributed by atoms with Gasteiger partial charge in [0.1, 0.15) is 11.4 Å². The van der Waals surface area contributed by atoms with E-state index in [-0.39, 0.29) is 17.2 Å². The molecule has 1 fully saturated rings. The second-order valence-corrected chi connectivity index (χ2v) is 8.86. The lowest BCUT2D eigenvalue weighted by molar-refractivity contribution is -0.120. The quantitative estimate of drug-likeness (QED) is 0.710. The number of amides is 2. The van der Waals surface area contributed by atoms with Crippen LogP contribution >= 0.6 is 0 Å². The van der Waals surface area contributed by atoms with Crippen molar-refractivity contribution in [3.63, 3.8) is 0 Å². The molecule has 0 atom stereocenters. The van der Waals surface area contributed by atoms with Crippen LogP contribution < -0.4 is 9.64 Å². The number of ether oxygens (including phenoxy) is 1. The highest BCUT2D eigenvalue weighted by Gasteiger charge is 2.43. The van der Waals surface area contributed by atoms with Gasteiger partial charge in [0.25, 0.3) is 11.8 Å². The van der Waals surface area contributed by atoms with E-state index in [0.29, 0.717) is 28.3 Å². The van der Waals surface area contributed by atoms with Gasteiger partial charge >= 0.3 is 0 Å². The summed E-state index contributed by atoms with van der Waals surface area (Å²) in [5.74, 6) is 0.0384. The van der Waals surface area contributed by atoms with E-state index in [0.717, 1.165) is 31.5 Å². The number of imide groups is 1. The first kappa shape index (κ1) is 20.2. The summed E-state index contributed by atoms with van der Waals surface area (Å²) >= 11 is 0. The van der Waals surface area contributed by atoms with Crippen molar-refractivity contribution < 1.29 is 14.3 Å². The van der Waals surface area contributed by atoms with Crippen LogP contribution in [0.4, 0.5) is 5.69 Å². The molecule has 4 rings (SSSR count). The van der Waals surface area contributed by atoms with Crippen LogP contribution in [0.15, 0.2) is 54.2 Å². The fraction of sp³-hybridized carbons (Fsp3) is 0.360. The summed E-state index contributed by atoms with van der Waals surface area (Å²) in [6.45, 7) is 7.98. The lowest BCUT2D eigenvalue weighted by Crippen LogP contribution is -2.34. The zero-order chi connectivity index (χ0) is 21.5. The molecule has 5 heteroatoms. The van der Waals surface area contributed by atoms with Gasteiger partial charge in [0.2, 0.25) is 0 Å². The summed E-state index contributed by atoms with van der Waals surface area (Å²) < 4.78 is 5.51. The smallest absolute Gasteiger partial charge is 0.282 e. The van der Waals surface area contributed by atoms with E-state index in [2.05, 4.69) is 20.8 Å². The molecular formula is C25H28N2O3. The fourth-order valence-electron chi connectivity index (χ4n) is 4.19. The molecule has 1 saturated heterocycles. The number of carbonyl (C=O) groups is 2. The number of carbonyl (C=O) groups excluding carboxylic acids is 2. The molecule has 2 aliphatic heterocycles. The molecule has 30 heavy (non-hydrogen) atoms. The van der Waals surface area contributed by atoms with Gasteiger partial charge in [-0.25, -0.2) is 4.90 Å². The van der Waals surface area contributed by atoms with Crippen LogP contribution in [0, 0.1) is 0 Å². The number of para-hydroxylation sites is 1. The predicted molar refractivity (Wildman–Crippen MR) is 118 cm³/mol. The van der Waals surface area contributed by atoms with E-state index in [9.17, 15) is 9.59 Å². The van der Waals surface area contributed by atoms with Crippen molar-refractivity contribution in [2.75, 3.05) is 25.1 Å². The molecule has 2 amide bonds. The van der Waals surface area contributed by atoms with Gasteiger partial charge in [-0.1, -0.05) is 51.1 Å². The average molecular weight is 405 g/mol. The molecule has 0 spiro atoms. The number of hydrogen-bond donors (Lipinski definition) is 0. The maximum atomic E-state index is 13.6. The van der Waals surface area contributed by atoms with Gasteiger partial charge in [0.05, 0.1) is 18.4 Å². The van der Waals surface area contributed by atoms with Gasteiger partial charge in [-0.3, -0.25) is 9.59 Å². The normalized spacial score (nSPS) is 17.3. The maximum Gasteiger partial charge on any atom is 0.282 e. The zero-order valence-electron chi connectivity index (χ0n) is 18.1. The molecule has 2 aliphatic rings. The van der Waals surface area contributed by atoms with Gasteiger partial charge < -0.3 is 9.64 Å². The van der Waals surface area contributed by atoms with Crippen molar-refractivity contribution in [2.24, 2.45) is 0 Å². The SMILES string of the molecule is COc1ccccc1C1=C(N2CCCC2)C(=O)N(c2ccc(C(C)(C)C)cc2)C1=O. The summed E-state index contributed by atoms with van der Waals surface area (Å²) in [5, 5.41) is 0. The average Bonchev–Trinajstić information content (AvgIpc) is 3.33. The number of methoxy groups -OCH3 is 1. The van der Waals surface area contributed by atoms with Crippen LogP contribution in [-0.4, -0.2) is 36.9 Å². The molecule has 0 radical (unpaired) electrons. The first-order chi connectivity index (χ1) is 14.3. The number of anilines is 1. The Labute approximate surface area is 177 Å². The van der Waals surface area contributed by atoms with Crippen molar-refractivity contribution in [1.82, 2.24) is 4.90 Å². The minimum Gasteiger partial charge on any atom is -0.496 e. The molecule has 0 saturated carbocycles. The summed E-state index contributed by atoms with van der Waals surface area (Å²) in [6.07, 6.45) is 2.04. The van der Waals surface area contributed by atoms with Crippen LogP contribution in [0.5, 0.6) is 5.75 Å². The molecule has 0 aromatic heterocycles. The number of likely N-dealkylation sites (tertiary alicyclic amines) is 1. The molecule has 2 aromatic carbocycles. The van der Waals surface area contributed by atoms with E-state index in [1.54, 1.807) is 7.11 Å². The Morgan fingerprint density at radius 1 is 0.867 bits per heavy atom. The summed E-state index contributed by atoms with van der Waals surface area (Å²) in [7, 11) is 1.58. The minimum atomic E-state index is -0.296. The fourth-order valence-corrected chi connectivity index (χ4v) is 4.19. The second-order valence-electron chi connectivity index (χ2n) is 8.86. The van der Waals surface area contributed by atoms with E-state index < -0.39 is 0 Å². The zero-order valence-corrected chi connectivity index (χ0v) is 18.1. The number of benzene rings is 2. The van der Waals surface area contributed by atoms with Crippen LogP contribution in [0.1, 0.15) is 44.7 Å². The van der Waals surface area contributed by atoms with Crippen LogP contribution in [0.3, 0.4) is 0 Å². The monoisotopic (exact) mass is 404 g/mol. The van der Waals surface area contributed by atoms with E-state index in [1.807, 2.05) is 53.4 Å². The lowest BCUT2D eigenvalue weighted by atomic mass is 9.87. The number of hydrogen-bond acceptors (Lipinski definition) is 4. The summed E-state index contributed by atoms with van der Waals surface area (Å²) in [5.41, 5.74) is 3.33. The molecule has 2 heterocycles. The van der Waals surface area contributed by atoms with Crippen LogP contribution in [0.2, 0.25) is 0 Å². The Morgan fingerprint density at radius 3 is 2.10 bits per heavy atom. The predicted octanol–water partition coefficient (Wildman–Crippen LogP) is 4.37. The molecule has 156 valence electrons. The second kappa shape index (κ2) is 7.63. The topological polar surface area (TPSA) is 49.9 Å². The summed E-state index contributed by atoms with van der Waals surface area (Å²) in [6, 6.07) is 15.1. The molecule has 0 unspecified atom stereocenters. The third kappa shape index (κ3) is 3.38. The van der Waals surface area contributed by atoms with E-state index in [1.165, 1.54) is 4.90 Å². The third-order valence-electron chi connectivity index (χ3n) is 5.85. The third-order valence-corrected chi connectivity index (χ3v) is 5.85. The number of nitrogens with zero attached hydrogens (tertiary/aromatic N) is 2. The first-order valence-corrected chi connectivity index (χ1v) is 10.4. The number of rotatable bonds is 4. The Bertz CT molecular complexity index is 1010. The Morgan fingerprint density at radius 2 is 1.50 bits per heavy atom. The Hall–Kier alpha value is -3.08. The molecular weight excluding hydrogens is 376 g/mol. The van der Waals surface area contributed by atoms with Crippen molar-refractivity contribution in [3.05, 3.63) is 65.4 Å². The highest BCUT2D eigenvalue weighted by atomic mass is 16.5.